The van der Waals surface area contributed by atoms with Gasteiger partial charge in [-0.1, -0.05) is 0 Å². The Morgan fingerprint density at radius 1 is 1.14 bits per heavy atom. The van der Waals surface area contributed by atoms with Gasteiger partial charge < -0.3 is 0 Å². The molecule has 0 saturated heterocycles. The van der Waals surface area contributed by atoms with E-state index in [-0.39, 0.29) is 0 Å². The normalized spacial score (nSPS) is 22.9. The van der Waals surface area contributed by atoms with E-state index in [1.807, 2.05) is 0 Å². The number of allylic oxidation sites excluding steroid dienone is 1. The molecule has 1 aromatic carbocycles. The number of halogens is 3. The second-order valence-corrected chi connectivity index (χ2v) is 92.5. The van der Waals surface area contributed by atoms with Crippen molar-refractivity contribution in [3.63, 3.8) is 0 Å². The summed E-state index contributed by atoms with van der Waals surface area (Å²) in [5, 5.41) is 0. The van der Waals surface area contributed by atoms with Crippen LogP contribution in [0, 0.1) is 0 Å². The summed E-state index contributed by atoms with van der Waals surface area (Å²) in [6, 6.07) is 8.57. The van der Waals surface area contributed by atoms with E-state index in [1.165, 1.54) is 11.1 Å². The molecule has 0 aromatic heterocycles. The van der Waals surface area contributed by atoms with Crippen LogP contribution in [0.3, 0.4) is 0 Å². The minimum atomic E-state index is -3.07. The molecule has 14 heavy (non-hydrogen) atoms. The van der Waals surface area contributed by atoms with Gasteiger partial charge in [0, 0.05) is 0 Å². The van der Waals surface area contributed by atoms with E-state index in [0.717, 1.165) is 0 Å². The summed E-state index contributed by atoms with van der Waals surface area (Å²) in [6.07, 6.45) is 4.50. The molecule has 75 valence electrons. The number of hydrogen-bond donors (Lipinski definition) is 0. The molecule has 0 N–H and O–H groups in total. The molecule has 0 aliphatic heterocycles. The average molecular weight is 548 g/mol. The van der Waals surface area contributed by atoms with Crippen molar-refractivity contribution in [3.05, 3.63) is 41.5 Å². The Morgan fingerprint density at radius 3 is 2.43 bits per heavy atom. The van der Waals surface area contributed by atoms with E-state index >= 15 is 0 Å². The van der Waals surface area contributed by atoms with E-state index in [9.17, 15) is 0 Å². The van der Waals surface area contributed by atoms with Gasteiger partial charge in [-0.3, -0.25) is 0 Å². The zero-order valence-corrected chi connectivity index (χ0v) is 16.0. The Kier molecular flexibility index (Phi) is 3.06. The topological polar surface area (TPSA) is 0 Å². The van der Waals surface area contributed by atoms with Crippen LogP contribution in [0.5, 0.6) is 0 Å². The van der Waals surface area contributed by atoms with Crippen LogP contribution in [0.4, 0.5) is 0 Å². The van der Waals surface area contributed by atoms with Crippen LogP contribution in [-0.4, -0.2) is 0 Å². The summed E-state index contributed by atoms with van der Waals surface area (Å²) in [4.78, 5) is 0. The Bertz CT molecular complexity index is 394. The molecule has 4 heteroatoms. The summed E-state index contributed by atoms with van der Waals surface area (Å²) in [5.74, 6) is 0. The third-order valence-electron chi connectivity index (χ3n) is 2.46. The third kappa shape index (κ3) is 2.33. The molecule has 0 bridgehead atoms. The van der Waals surface area contributed by atoms with Crippen LogP contribution in [0.2, 0.25) is 4.68 Å². The van der Waals surface area contributed by atoms with Crippen LogP contribution in [0.15, 0.2) is 30.3 Å². The second kappa shape index (κ2) is 3.64. The predicted molar refractivity (Wildman–Crippen MR) is 70.9 cm³/mol. The molecule has 0 heterocycles. The number of rotatable bonds is 1. The first-order valence-corrected chi connectivity index (χ1v) is 33.6. The van der Waals surface area contributed by atoms with Crippen LogP contribution in [0.25, 0.3) is 6.08 Å². The fourth-order valence-corrected chi connectivity index (χ4v) is 16.7. The molecular formula is C10H10Br3Hf. The Morgan fingerprint density at radius 2 is 1.79 bits per heavy atom. The summed E-state index contributed by atoms with van der Waals surface area (Å²) in [6.45, 7) is 0. The summed E-state index contributed by atoms with van der Waals surface area (Å²) >= 11 is 8.57. The van der Waals surface area contributed by atoms with Gasteiger partial charge in [0.05, 0.1) is 0 Å². The molecule has 0 radical (unpaired) electrons. The molecule has 1 aliphatic rings. The minimum absolute atomic E-state index is 0.503. The molecule has 1 atom stereocenters. The zero-order valence-electron chi connectivity index (χ0n) is 7.68. The van der Waals surface area contributed by atoms with E-state index in [4.69, 9.17) is 0 Å². The zero-order chi connectivity index (χ0) is 10.4. The van der Waals surface area contributed by atoms with Crippen molar-refractivity contribution < 1.29 is 11.5 Å². The van der Waals surface area contributed by atoms with Gasteiger partial charge in [-0.05, 0) is 0 Å². The van der Waals surface area contributed by atoms with Gasteiger partial charge in [0.1, 0.15) is 0 Å². The molecule has 0 spiro atoms. The quantitative estimate of drug-likeness (QED) is 0.412. The van der Waals surface area contributed by atoms with E-state index in [0.29, 0.717) is 3.67 Å². The van der Waals surface area contributed by atoms with Crippen molar-refractivity contribution in [2.75, 3.05) is 0 Å². The van der Waals surface area contributed by atoms with Gasteiger partial charge in [0.2, 0.25) is 0 Å². The van der Waals surface area contributed by atoms with Crippen molar-refractivity contribution >= 4 is 43.0 Å². The van der Waals surface area contributed by atoms with E-state index < -0.39 is 11.5 Å². The predicted octanol–water partition coefficient (Wildman–Crippen LogP) is 5.42. The molecule has 0 saturated carbocycles. The first-order chi connectivity index (χ1) is 6.35. The Labute approximate surface area is 103 Å². The molecule has 2 rings (SSSR count). The van der Waals surface area contributed by atoms with E-state index in [1.54, 1.807) is 0 Å². The Balaban J connectivity index is 2.51. The SMILES string of the molecule is [CH3][Hf]([Br])([Br])([Br])[CH]1C=Cc2ccccc21. The van der Waals surface area contributed by atoms with Crippen LogP contribution < -0.4 is 0 Å². The molecule has 0 nitrogen and oxygen atoms in total. The fourth-order valence-electron chi connectivity index (χ4n) is 1.79. The van der Waals surface area contributed by atoms with Gasteiger partial charge in [0.15, 0.2) is 0 Å². The standard InChI is InChI=1S/C9H7.CH3.3BrH.Hf/c1-2-5-9-7-3-6-8(9)4-1;;;;;/h1-7H;1H3;3*1H;/q;;;;;+3/p-3. The number of fused-ring (bicyclic) bond motifs is 1. The third-order valence-corrected chi connectivity index (χ3v) is 21.2. The van der Waals surface area contributed by atoms with Crippen molar-refractivity contribution in [3.8, 4) is 0 Å². The molecular weight excluding hydrogens is 538 g/mol. The number of hydrogen-bond acceptors (Lipinski definition) is 0. The van der Waals surface area contributed by atoms with E-state index in [2.05, 4.69) is 78.0 Å². The Hall–Kier alpha value is 1.27. The molecule has 1 aliphatic carbocycles. The van der Waals surface area contributed by atoms with Crippen molar-refractivity contribution in [2.45, 2.75) is 8.35 Å². The van der Waals surface area contributed by atoms with Gasteiger partial charge in [-0.2, -0.15) is 0 Å². The molecule has 0 amide bonds. The van der Waals surface area contributed by atoms with Crippen LogP contribution in [0.1, 0.15) is 14.8 Å². The summed E-state index contributed by atoms with van der Waals surface area (Å²) in [5.41, 5.74) is 2.77. The van der Waals surface area contributed by atoms with Crippen molar-refractivity contribution in [1.82, 2.24) is 0 Å². The van der Waals surface area contributed by atoms with Gasteiger partial charge in [0.25, 0.3) is 0 Å². The summed E-state index contributed by atoms with van der Waals surface area (Å²) in [7, 11) is 0. The molecule has 1 aromatic rings. The van der Waals surface area contributed by atoms with Crippen LogP contribution in [-0.2, 0) is 11.5 Å². The van der Waals surface area contributed by atoms with Gasteiger partial charge >= 0.3 is 104 Å². The average Bonchev–Trinajstić information content (AvgIpc) is 2.44. The fraction of sp³-hybridized carbons (Fsp3) is 0.200. The van der Waals surface area contributed by atoms with Gasteiger partial charge in [-0.15, -0.1) is 0 Å². The van der Waals surface area contributed by atoms with Crippen molar-refractivity contribution in [2.24, 2.45) is 0 Å². The maximum absolute atomic E-state index is 3.88. The maximum atomic E-state index is 3.88. The second-order valence-electron chi connectivity index (χ2n) is 3.86. The summed E-state index contributed by atoms with van der Waals surface area (Å²) < 4.78 is 2.79. The first-order valence-electron chi connectivity index (χ1n) is 4.43. The monoisotopic (exact) mass is 547 g/mol. The molecule has 1 unspecified atom stereocenters. The van der Waals surface area contributed by atoms with Gasteiger partial charge in [-0.25, -0.2) is 0 Å². The molecule has 0 fully saturated rings. The van der Waals surface area contributed by atoms with Crippen LogP contribution >= 0.6 is 36.9 Å². The van der Waals surface area contributed by atoms with Crippen molar-refractivity contribution in [1.29, 1.82) is 0 Å². The first kappa shape index (κ1) is 11.7. The number of benzene rings is 1.